The van der Waals surface area contributed by atoms with Crippen molar-refractivity contribution in [2.24, 2.45) is 5.29 Å². The third-order valence-corrected chi connectivity index (χ3v) is 2.01. The van der Waals surface area contributed by atoms with Gasteiger partial charge < -0.3 is 5.32 Å². The molecule has 0 aliphatic heterocycles. The Morgan fingerprint density at radius 1 is 1.59 bits per heavy atom. The molecule has 11 heteroatoms. The maximum absolute atomic E-state index is 11.7. The van der Waals surface area contributed by atoms with Crippen LogP contribution in [0.2, 0.25) is 0 Å². The predicted octanol–water partition coefficient (Wildman–Crippen LogP) is -0.796. The van der Waals surface area contributed by atoms with Crippen molar-refractivity contribution < 1.29 is 5.03 Å². The molecule has 1 N–H and O–H groups in total. The highest BCUT2D eigenvalue weighted by Crippen LogP contribution is 2.09. The lowest BCUT2D eigenvalue weighted by Crippen LogP contribution is -2.21. The fourth-order valence-electron chi connectivity index (χ4n) is 1.29. The summed E-state index contributed by atoms with van der Waals surface area (Å²) in [6, 6.07) is 0. The van der Waals surface area contributed by atoms with Crippen LogP contribution in [0.3, 0.4) is 0 Å². The van der Waals surface area contributed by atoms with E-state index in [4.69, 9.17) is 0 Å². The Hall–Kier alpha value is -2.85. The second kappa shape index (κ2) is 3.62. The van der Waals surface area contributed by atoms with Crippen molar-refractivity contribution in [2.45, 2.75) is 0 Å². The van der Waals surface area contributed by atoms with Crippen molar-refractivity contribution in [2.75, 3.05) is 12.4 Å². The maximum atomic E-state index is 11.7. The zero-order valence-corrected chi connectivity index (χ0v) is 8.39. The van der Waals surface area contributed by atoms with Gasteiger partial charge in [-0.3, -0.25) is 4.79 Å². The number of imidazole rings is 1. The van der Waals surface area contributed by atoms with E-state index in [0.717, 1.165) is 6.33 Å². The number of nitroso groups, excluding NO2 is 1. The average Bonchev–Trinajstić information content (AvgIpc) is 2.72. The predicted molar refractivity (Wildman–Crippen MR) is 54.9 cm³/mol. The minimum absolute atomic E-state index is 0.207. The van der Waals surface area contributed by atoms with Crippen molar-refractivity contribution >= 4 is 17.1 Å². The summed E-state index contributed by atoms with van der Waals surface area (Å²) < 4.78 is 0.909. The SMILES string of the molecule is CNc1nc2c(ncn2[N+](=O)[O-])c(=O)n1N=O. The molecule has 0 aliphatic carbocycles. The number of fused-ring (bicyclic) bond motifs is 1. The van der Waals surface area contributed by atoms with Gasteiger partial charge in [0.05, 0.1) is 5.29 Å². The molecule has 2 heterocycles. The standard InChI is InChI=1S/C6H5N7O4/c1-7-6-9-4-3(5(14)12(6)10-15)8-2-11(4)13(16)17/h2H,1H3,(H,7,9). The monoisotopic (exact) mass is 239 g/mol. The van der Waals surface area contributed by atoms with Gasteiger partial charge in [0.2, 0.25) is 11.6 Å². The highest BCUT2D eigenvalue weighted by molar-refractivity contribution is 5.70. The minimum atomic E-state index is -0.880. The van der Waals surface area contributed by atoms with Gasteiger partial charge in [0.15, 0.2) is 16.9 Å². The van der Waals surface area contributed by atoms with Crippen LogP contribution in [0.25, 0.3) is 11.2 Å². The lowest BCUT2D eigenvalue weighted by atomic mass is 10.5. The number of rotatable bonds is 3. The van der Waals surface area contributed by atoms with Crippen LogP contribution in [-0.2, 0) is 0 Å². The van der Waals surface area contributed by atoms with E-state index in [0.29, 0.717) is 9.35 Å². The number of hydrogen-bond donors (Lipinski definition) is 1. The molecular formula is C6H5N7O4. The van der Waals surface area contributed by atoms with Crippen molar-refractivity contribution in [1.82, 2.24) is 19.3 Å². The molecule has 0 aliphatic rings. The Kier molecular flexibility index (Phi) is 2.27. The van der Waals surface area contributed by atoms with E-state index in [1.165, 1.54) is 7.05 Å². The lowest BCUT2D eigenvalue weighted by Gasteiger charge is -2.02. The summed E-state index contributed by atoms with van der Waals surface area (Å²) in [6.07, 6.45) is 0.827. The zero-order valence-electron chi connectivity index (χ0n) is 8.39. The fraction of sp³-hybridized carbons (Fsp3) is 0.167. The smallest absolute Gasteiger partial charge is 0.306 e. The second-order valence-corrected chi connectivity index (χ2v) is 2.88. The normalized spacial score (nSPS) is 10.4. The number of hydrogen-bond acceptors (Lipinski definition) is 8. The Morgan fingerprint density at radius 3 is 2.82 bits per heavy atom. The van der Waals surface area contributed by atoms with Gasteiger partial charge in [-0.05, 0) is 4.68 Å². The van der Waals surface area contributed by atoms with E-state index in [1.807, 2.05) is 0 Å². The first-order valence-electron chi connectivity index (χ1n) is 4.26. The van der Waals surface area contributed by atoms with Crippen LogP contribution >= 0.6 is 0 Å². The molecule has 88 valence electrons. The zero-order chi connectivity index (χ0) is 12.6. The summed E-state index contributed by atoms with van der Waals surface area (Å²) >= 11 is 0. The van der Waals surface area contributed by atoms with Crippen molar-refractivity contribution in [3.8, 4) is 0 Å². The molecule has 11 nitrogen and oxygen atoms in total. The topological polar surface area (TPSA) is 137 Å². The van der Waals surface area contributed by atoms with Gasteiger partial charge in [-0.15, -0.1) is 9.58 Å². The van der Waals surface area contributed by atoms with E-state index in [2.05, 4.69) is 20.6 Å². The Bertz CT molecular complexity index is 671. The first-order valence-corrected chi connectivity index (χ1v) is 4.26. The number of nitro groups is 1. The van der Waals surface area contributed by atoms with Crippen molar-refractivity contribution in [1.29, 1.82) is 0 Å². The molecule has 0 spiro atoms. The highest BCUT2D eigenvalue weighted by atomic mass is 16.7. The molecule has 0 saturated carbocycles. The van der Waals surface area contributed by atoms with Gasteiger partial charge in [-0.1, -0.05) is 0 Å². The Morgan fingerprint density at radius 2 is 2.29 bits per heavy atom. The van der Waals surface area contributed by atoms with Gasteiger partial charge in [0.1, 0.15) is 0 Å². The molecule has 0 saturated heterocycles. The summed E-state index contributed by atoms with van der Waals surface area (Å²) in [7, 11) is 1.39. The molecule has 2 aromatic heterocycles. The molecule has 0 radical (unpaired) electrons. The van der Waals surface area contributed by atoms with Gasteiger partial charge >= 0.3 is 5.56 Å². The van der Waals surface area contributed by atoms with Crippen LogP contribution in [0.15, 0.2) is 16.4 Å². The van der Waals surface area contributed by atoms with Crippen LogP contribution in [-0.4, -0.2) is 31.4 Å². The quantitative estimate of drug-likeness (QED) is 0.420. The Balaban J connectivity index is 2.93. The molecule has 0 unspecified atom stereocenters. The summed E-state index contributed by atoms with van der Waals surface area (Å²) in [5.74, 6) is -0.207. The summed E-state index contributed by atoms with van der Waals surface area (Å²) in [6.45, 7) is 0. The minimum Gasteiger partial charge on any atom is -0.357 e. The second-order valence-electron chi connectivity index (χ2n) is 2.88. The van der Waals surface area contributed by atoms with Gasteiger partial charge in [0.25, 0.3) is 0 Å². The van der Waals surface area contributed by atoms with E-state index in [-0.39, 0.29) is 17.1 Å². The highest BCUT2D eigenvalue weighted by Gasteiger charge is 2.19. The van der Waals surface area contributed by atoms with Crippen molar-refractivity contribution in [3.63, 3.8) is 0 Å². The molecule has 17 heavy (non-hydrogen) atoms. The molecule has 2 aromatic rings. The molecule has 0 amide bonds. The Labute approximate surface area is 91.8 Å². The number of nitrogens with zero attached hydrogens (tertiary/aromatic N) is 6. The lowest BCUT2D eigenvalue weighted by molar-refractivity contribution is -0.538. The van der Waals surface area contributed by atoms with Crippen LogP contribution in [0.1, 0.15) is 0 Å². The number of aromatic nitrogens is 4. The first-order chi connectivity index (χ1) is 8.10. The van der Waals surface area contributed by atoms with Crippen LogP contribution < -0.4 is 10.9 Å². The number of anilines is 1. The molecule has 0 atom stereocenters. The third-order valence-electron chi connectivity index (χ3n) is 2.01. The van der Waals surface area contributed by atoms with Crippen LogP contribution in [0.4, 0.5) is 5.95 Å². The van der Waals surface area contributed by atoms with E-state index in [1.54, 1.807) is 0 Å². The maximum Gasteiger partial charge on any atom is 0.306 e. The third kappa shape index (κ3) is 1.40. The van der Waals surface area contributed by atoms with Gasteiger partial charge in [-0.2, -0.15) is 4.98 Å². The van der Waals surface area contributed by atoms with Crippen molar-refractivity contribution in [3.05, 3.63) is 31.7 Å². The first kappa shape index (κ1) is 10.7. The summed E-state index contributed by atoms with van der Waals surface area (Å²) in [4.78, 5) is 40.0. The number of nitrogens with one attached hydrogen (secondary N) is 1. The molecular weight excluding hydrogens is 234 g/mol. The summed E-state index contributed by atoms with van der Waals surface area (Å²) in [5.41, 5.74) is -1.44. The van der Waals surface area contributed by atoms with E-state index in [9.17, 15) is 19.8 Å². The van der Waals surface area contributed by atoms with Gasteiger partial charge in [0, 0.05) is 7.05 Å². The van der Waals surface area contributed by atoms with E-state index >= 15 is 0 Å². The molecule has 2 rings (SSSR count). The van der Waals surface area contributed by atoms with Crippen LogP contribution in [0.5, 0.6) is 0 Å². The molecule has 0 aromatic carbocycles. The molecule has 0 bridgehead atoms. The molecule has 0 fully saturated rings. The average molecular weight is 239 g/mol. The fourth-order valence-corrected chi connectivity index (χ4v) is 1.29. The van der Waals surface area contributed by atoms with E-state index < -0.39 is 10.6 Å². The van der Waals surface area contributed by atoms with Gasteiger partial charge in [-0.25, -0.2) is 15.1 Å². The summed E-state index contributed by atoms with van der Waals surface area (Å²) in [5, 5.41) is 14.7. The van der Waals surface area contributed by atoms with Crippen LogP contribution in [0, 0.1) is 15.0 Å². The largest absolute Gasteiger partial charge is 0.357 e.